The molecule has 0 fully saturated rings. The van der Waals surface area contributed by atoms with Gasteiger partial charge in [0.1, 0.15) is 11.4 Å². The Kier molecular flexibility index (Phi) is 3.77. The third-order valence-electron chi connectivity index (χ3n) is 2.61. The number of rotatable bonds is 1. The van der Waals surface area contributed by atoms with E-state index < -0.39 is 11.7 Å². The number of hydrogen-bond acceptors (Lipinski definition) is 3. The van der Waals surface area contributed by atoms with Crippen molar-refractivity contribution in [1.29, 1.82) is 0 Å². The van der Waals surface area contributed by atoms with E-state index in [9.17, 15) is 9.90 Å². The van der Waals surface area contributed by atoms with E-state index in [-0.39, 0.29) is 10.8 Å². The maximum atomic E-state index is 11.8. The topological polar surface area (TPSA) is 58.6 Å². The Labute approximate surface area is 122 Å². The van der Waals surface area contributed by atoms with Gasteiger partial charge in [0.15, 0.2) is 0 Å². The molecule has 0 unspecified atom stereocenters. The minimum Gasteiger partial charge on any atom is -0.506 e. The molecule has 0 saturated carbocycles. The quantitative estimate of drug-likeness (QED) is 0.759. The van der Waals surface area contributed by atoms with Gasteiger partial charge < -0.3 is 9.84 Å². The van der Waals surface area contributed by atoms with Crippen LogP contribution in [-0.2, 0) is 4.74 Å². The molecule has 0 saturated heterocycles. The van der Waals surface area contributed by atoms with Crippen LogP contribution < -0.4 is 5.32 Å². The van der Waals surface area contributed by atoms with Gasteiger partial charge in [-0.3, -0.25) is 5.32 Å². The monoisotopic (exact) mass is 293 g/mol. The van der Waals surface area contributed by atoms with Crippen LogP contribution in [-0.4, -0.2) is 16.8 Å². The van der Waals surface area contributed by atoms with Crippen LogP contribution in [0.4, 0.5) is 10.5 Å². The fourth-order valence-electron chi connectivity index (χ4n) is 1.84. The molecule has 0 atom stereocenters. The maximum absolute atomic E-state index is 11.8. The van der Waals surface area contributed by atoms with E-state index in [1.807, 2.05) is 6.07 Å². The molecule has 2 rings (SSSR count). The number of nitrogens with one attached hydrogen (secondary N) is 1. The highest BCUT2D eigenvalue weighted by molar-refractivity contribution is 6.34. The minimum absolute atomic E-state index is 0.00277. The molecule has 4 nitrogen and oxygen atoms in total. The van der Waals surface area contributed by atoms with Gasteiger partial charge in [-0.2, -0.15) is 0 Å². The highest BCUT2D eigenvalue weighted by atomic mass is 35.5. The zero-order valence-corrected chi connectivity index (χ0v) is 12.3. The number of ether oxygens (including phenoxy) is 1. The number of amides is 1. The van der Waals surface area contributed by atoms with Gasteiger partial charge in [-0.1, -0.05) is 35.9 Å². The van der Waals surface area contributed by atoms with E-state index >= 15 is 0 Å². The summed E-state index contributed by atoms with van der Waals surface area (Å²) in [6, 6.07) is 8.63. The van der Waals surface area contributed by atoms with Crippen molar-refractivity contribution >= 4 is 34.2 Å². The summed E-state index contributed by atoms with van der Waals surface area (Å²) >= 11 is 5.97. The lowest BCUT2D eigenvalue weighted by Gasteiger charge is -2.20. The van der Waals surface area contributed by atoms with Gasteiger partial charge in [0.05, 0.1) is 10.7 Å². The van der Waals surface area contributed by atoms with Crippen LogP contribution in [0.15, 0.2) is 30.3 Å². The molecule has 5 heteroatoms. The molecule has 2 aromatic rings. The third kappa shape index (κ3) is 3.14. The first-order valence-corrected chi connectivity index (χ1v) is 6.56. The van der Waals surface area contributed by atoms with Gasteiger partial charge in [0.2, 0.25) is 0 Å². The Morgan fingerprint density at radius 3 is 2.45 bits per heavy atom. The average Bonchev–Trinajstić information content (AvgIpc) is 2.33. The fraction of sp³-hybridized carbons (Fsp3) is 0.267. The Balaban J connectivity index is 2.40. The van der Waals surface area contributed by atoms with Crippen molar-refractivity contribution in [3.63, 3.8) is 0 Å². The highest BCUT2D eigenvalue weighted by Gasteiger charge is 2.18. The van der Waals surface area contributed by atoms with Crippen molar-refractivity contribution < 1.29 is 14.6 Å². The number of fused-ring (bicyclic) bond motifs is 1. The van der Waals surface area contributed by atoms with Crippen molar-refractivity contribution in [2.45, 2.75) is 26.4 Å². The van der Waals surface area contributed by atoms with Crippen LogP contribution in [0.25, 0.3) is 10.8 Å². The molecular formula is C15H16ClNO3. The number of phenolic OH excluding ortho intramolecular Hbond substituents is 1. The summed E-state index contributed by atoms with van der Waals surface area (Å²) in [4.78, 5) is 11.8. The van der Waals surface area contributed by atoms with Gasteiger partial charge in [-0.05, 0) is 26.8 Å². The zero-order chi connectivity index (χ0) is 14.9. The lowest BCUT2D eigenvalue weighted by atomic mass is 10.1. The van der Waals surface area contributed by atoms with E-state index in [0.29, 0.717) is 16.5 Å². The molecule has 0 aromatic heterocycles. The molecular weight excluding hydrogens is 278 g/mol. The van der Waals surface area contributed by atoms with E-state index in [2.05, 4.69) is 5.32 Å². The summed E-state index contributed by atoms with van der Waals surface area (Å²) in [7, 11) is 0. The molecule has 20 heavy (non-hydrogen) atoms. The van der Waals surface area contributed by atoms with Gasteiger partial charge in [0.25, 0.3) is 0 Å². The lowest BCUT2D eigenvalue weighted by molar-refractivity contribution is 0.0636. The first-order chi connectivity index (χ1) is 9.28. The van der Waals surface area contributed by atoms with E-state index in [0.717, 1.165) is 0 Å². The van der Waals surface area contributed by atoms with Crippen molar-refractivity contribution in [3.8, 4) is 5.75 Å². The van der Waals surface area contributed by atoms with Gasteiger partial charge in [-0.15, -0.1) is 0 Å². The lowest BCUT2D eigenvalue weighted by Crippen LogP contribution is -2.27. The first kappa shape index (κ1) is 14.5. The molecule has 2 N–H and O–H groups in total. The number of carbonyl (C=O) groups is 1. The third-order valence-corrected chi connectivity index (χ3v) is 2.89. The number of hydrogen-bond donors (Lipinski definition) is 2. The Morgan fingerprint density at radius 2 is 1.85 bits per heavy atom. The van der Waals surface area contributed by atoms with Crippen molar-refractivity contribution in [1.82, 2.24) is 0 Å². The standard InChI is InChI=1S/C15H16ClNO3/c1-15(2,3)20-14(19)17-12-8-11(16)13(18)10-7-5-4-6-9(10)12/h4-8,18H,1-3H3,(H,17,19). The average molecular weight is 294 g/mol. The van der Waals surface area contributed by atoms with Crippen LogP contribution >= 0.6 is 11.6 Å². The van der Waals surface area contributed by atoms with E-state index in [1.165, 1.54) is 6.07 Å². The molecule has 0 aliphatic rings. The summed E-state index contributed by atoms with van der Waals surface area (Å²) < 4.78 is 5.21. The second-order valence-corrected chi connectivity index (χ2v) is 5.83. The largest absolute Gasteiger partial charge is 0.506 e. The molecule has 1 amide bonds. The molecule has 2 aromatic carbocycles. The summed E-state index contributed by atoms with van der Waals surface area (Å²) in [6.45, 7) is 5.36. The van der Waals surface area contributed by atoms with Crippen molar-refractivity contribution in [2.75, 3.05) is 5.32 Å². The molecule has 0 bridgehead atoms. The predicted molar refractivity (Wildman–Crippen MR) is 80.5 cm³/mol. The van der Waals surface area contributed by atoms with Crippen molar-refractivity contribution in [3.05, 3.63) is 35.4 Å². The normalized spacial score (nSPS) is 11.4. The summed E-state index contributed by atoms with van der Waals surface area (Å²) in [5.41, 5.74) is -0.0849. The van der Waals surface area contributed by atoms with Crippen LogP contribution in [0.5, 0.6) is 5.75 Å². The number of aromatic hydroxyl groups is 1. The maximum Gasteiger partial charge on any atom is 0.412 e. The summed E-state index contributed by atoms with van der Waals surface area (Å²) in [6.07, 6.45) is -0.565. The predicted octanol–water partition coefficient (Wildman–Crippen LogP) is 4.55. The zero-order valence-electron chi connectivity index (χ0n) is 11.5. The number of carbonyl (C=O) groups excluding carboxylic acids is 1. The Bertz CT molecular complexity index is 662. The van der Waals surface area contributed by atoms with Gasteiger partial charge in [-0.25, -0.2) is 4.79 Å². The number of anilines is 1. The number of benzene rings is 2. The molecule has 0 aliphatic carbocycles. The molecule has 0 aliphatic heterocycles. The minimum atomic E-state index is -0.583. The van der Waals surface area contributed by atoms with Gasteiger partial charge >= 0.3 is 6.09 Å². The Morgan fingerprint density at radius 1 is 1.25 bits per heavy atom. The van der Waals surface area contributed by atoms with Gasteiger partial charge in [0, 0.05) is 10.8 Å². The molecule has 0 radical (unpaired) electrons. The number of phenols is 1. The highest BCUT2D eigenvalue weighted by Crippen LogP contribution is 2.37. The van der Waals surface area contributed by atoms with Crippen LogP contribution in [0.1, 0.15) is 20.8 Å². The van der Waals surface area contributed by atoms with Crippen LogP contribution in [0.2, 0.25) is 5.02 Å². The first-order valence-electron chi connectivity index (χ1n) is 6.18. The van der Waals surface area contributed by atoms with Crippen molar-refractivity contribution in [2.24, 2.45) is 0 Å². The second kappa shape index (κ2) is 5.21. The van der Waals surface area contributed by atoms with E-state index in [1.54, 1.807) is 39.0 Å². The summed E-state index contributed by atoms with van der Waals surface area (Å²) in [5.74, 6) is -0.00277. The van der Waals surface area contributed by atoms with Crippen LogP contribution in [0.3, 0.4) is 0 Å². The van der Waals surface area contributed by atoms with E-state index in [4.69, 9.17) is 16.3 Å². The second-order valence-electron chi connectivity index (χ2n) is 5.43. The number of halogens is 1. The van der Waals surface area contributed by atoms with Crippen LogP contribution in [0, 0.1) is 0 Å². The smallest absolute Gasteiger partial charge is 0.412 e. The fourth-order valence-corrected chi connectivity index (χ4v) is 2.05. The SMILES string of the molecule is CC(C)(C)OC(=O)Nc1cc(Cl)c(O)c2ccccc12. The Hall–Kier alpha value is -1.94. The molecule has 0 heterocycles. The summed E-state index contributed by atoms with van der Waals surface area (Å²) in [5, 5.41) is 14.0. The molecule has 106 valence electrons. The molecule has 0 spiro atoms.